The number of likely N-dealkylation sites (N-methyl/N-ethyl adjacent to an activating group) is 1. The molecule has 0 bridgehead atoms. The maximum Gasteiger partial charge on any atom is 0.117 e. The minimum Gasteiger partial charge on any atom is -0.508 e. The Balaban J connectivity index is 2.97. The summed E-state index contributed by atoms with van der Waals surface area (Å²) in [7, 11) is 1.86. The molecule has 2 nitrogen and oxygen atoms in total. The van der Waals surface area contributed by atoms with Crippen LogP contribution in [0.1, 0.15) is 46.0 Å². The van der Waals surface area contributed by atoms with Gasteiger partial charge in [0, 0.05) is 18.8 Å². The third-order valence-electron chi connectivity index (χ3n) is 3.87. The highest BCUT2D eigenvalue weighted by Crippen LogP contribution is 2.28. The molecule has 1 aliphatic rings. The third kappa shape index (κ3) is 5.44. The van der Waals surface area contributed by atoms with Gasteiger partial charge < -0.3 is 10.4 Å². The number of aliphatic hydroxyl groups excluding tert-OH is 1. The molecule has 0 saturated carbocycles. The Bertz CT molecular complexity index is 530. The zero-order valence-electron chi connectivity index (χ0n) is 14.2. The second-order valence-electron chi connectivity index (χ2n) is 5.47. The summed E-state index contributed by atoms with van der Waals surface area (Å²) in [5.74, 6) is 0.379. The Morgan fingerprint density at radius 3 is 2.68 bits per heavy atom. The molecule has 0 saturated heterocycles. The minimum atomic E-state index is 0.379. The van der Waals surface area contributed by atoms with Gasteiger partial charge in [0.05, 0.1) is 0 Å². The summed E-state index contributed by atoms with van der Waals surface area (Å²) in [6.07, 6.45) is 17.0. The van der Waals surface area contributed by atoms with Crippen LogP contribution in [-0.4, -0.2) is 12.2 Å². The first-order valence-corrected chi connectivity index (χ1v) is 8.10. The van der Waals surface area contributed by atoms with Crippen LogP contribution in [0.4, 0.5) is 0 Å². The van der Waals surface area contributed by atoms with Gasteiger partial charge >= 0.3 is 0 Å². The van der Waals surface area contributed by atoms with E-state index < -0.39 is 0 Å². The number of rotatable bonds is 7. The third-order valence-corrected chi connectivity index (χ3v) is 3.87. The first-order chi connectivity index (χ1) is 10.7. The van der Waals surface area contributed by atoms with E-state index in [9.17, 15) is 5.11 Å². The Morgan fingerprint density at radius 1 is 1.41 bits per heavy atom. The molecule has 0 spiro atoms. The average molecular weight is 299 g/mol. The molecular formula is C20H29NO. The summed E-state index contributed by atoms with van der Waals surface area (Å²) >= 11 is 0. The van der Waals surface area contributed by atoms with Crippen LogP contribution in [0.5, 0.6) is 0 Å². The molecule has 0 atom stereocenters. The zero-order valence-corrected chi connectivity index (χ0v) is 14.2. The van der Waals surface area contributed by atoms with E-state index in [0.29, 0.717) is 5.76 Å². The van der Waals surface area contributed by atoms with E-state index in [0.717, 1.165) is 36.1 Å². The van der Waals surface area contributed by atoms with Gasteiger partial charge in [-0.25, -0.2) is 0 Å². The van der Waals surface area contributed by atoms with Crippen molar-refractivity contribution < 1.29 is 5.11 Å². The van der Waals surface area contributed by atoms with Crippen molar-refractivity contribution in [2.24, 2.45) is 0 Å². The highest BCUT2D eigenvalue weighted by Gasteiger charge is 2.11. The summed E-state index contributed by atoms with van der Waals surface area (Å²) in [6, 6.07) is 0. The van der Waals surface area contributed by atoms with Gasteiger partial charge in [0.25, 0.3) is 0 Å². The van der Waals surface area contributed by atoms with Crippen LogP contribution in [0.3, 0.4) is 0 Å². The van der Waals surface area contributed by atoms with Crippen molar-refractivity contribution in [3.05, 3.63) is 71.2 Å². The van der Waals surface area contributed by atoms with Gasteiger partial charge in [-0.3, -0.25) is 0 Å². The van der Waals surface area contributed by atoms with E-state index in [4.69, 9.17) is 0 Å². The van der Waals surface area contributed by atoms with E-state index in [2.05, 4.69) is 24.9 Å². The predicted octanol–water partition coefficient (Wildman–Crippen LogP) is 5.50. The second-order valence-corrected chi connectivity index (χ2v) is 5.47. The van der Waals surface area contributed by atoms with E-state index in [1.54, 1.807) is 6.08 Å². The van der Waals surface area contributed by atoms with E-state index in [-0.39, 0.29) is 0 Å². The molecule has 120 valence electrons. The number of nitrogens with one attached hydrogen (secondary N) is 1. The van der Waals surface area contributed by atoms with Gasteiger partial charge in [-0.05, 0) is 43.8 Å². The van der Waals surface area contributed by atoms with Crippen LogP contribution in [0, 0.1) is 0 Å². The van der Waals surface area contributed by atoms with Gasteiger partial charge in [-0.15, -0.1) is 0 Å². The fourth-order valence-corrected chi connectivity index (χ4v) is 2.57. The summed E-state index contributed by atoms with van der Waals surface area (Å²) in [4.78, 5) is 0. The van der Waals surface area contributed by atoms with Gasteiger partial charge in [-0.1, -0.05) is 55.9 Å². The van der Waals surface area contributed by atoms with Gasteiger partial charge in [-0.2, -0.15) is 0 Å². The molecule has 0 aromatic heterocycles. The zero-order chi connectivity index (χ0) is 16.4. The number of hydrogen-bond acceptors (Lipinski definition) is 2. The molecule has 0 radical (unpaired) electrons. The molecule has 2 N–H and O–H groups in total. The van der Waals surface area contributed by atoms with Gasteiger partial charge in [0.2, 0.25) is 0 Å². The minimum absolute atomic E-state index is 0.379. The van der Waals surface area contributed by atoms with Crippen molar-refractivity contribution in [2.45, 2.75) is 46.0 Å². The summed E-state index contributed by atoms with van der Waals surface area (Å²) in [6.45, 7) is 8.02. The van der Waals surface area contributed by atoms with Crippen LogP contribution in [0.15, 0.2) is 71.2 Å². The van der Waals surface area contributed by atoms with Crippen molar-refractivity contribution in [1.29, 1.82) is 0 Å². The normalized spacial score (nSPS) is 19.1. The van der Waals surface area contributed by atoms with Crippen LogP contribution >= 0.6 is 0 Å². The SMILES string of the molecule is C=CC(=C\C=C/C)/C(=C/C(O)=C1\CC=C(CCC)CC1)NC. The average Bonchev–Trinajstić information content (AvgIpc) is 2.55. The molecule has 0 aromatic rings. The van der Waals surface area contributed by atoms with Crippen molar-refractivity contribution in [3.8, 4) is 0 Å². The lowest BCUT2D eigenvalue weighted by Crippen LogP contribution is -2.08. The Labute approximate surface area is 135 Å². The predicted molar refractivity (Wildman–Crippen MR) is 96.7 cm³/mol. The lowest BCUT2D eigenvalue weighted by molar-refractivity contribution is 0.418. The van der Waals surface area contributed by atoms with Gasteiger partial charge in [0.1, 0.15) is 5.76 Å². The maximum absolute atomic E-state index is 10.4. The quantitative estimate of drug-likeness (QED) is 0.369. The topological polar surface area (TPSA) is 32.3 Å². The highest BCUT2D eigenvalue weighted by molar-refractivity contribution is 5.43. The van der Waals surface area contributed by atoms with Crippen molar-refractivity contribution in [3.63, 3.8) is 0 Å². The van der Waals surface area contributed by atoms with E-state index in [1.807, 2.05) is 38.3 Å². The molecule has 0 aromatic carbocycles. The van der Waals surface area contributed by atoms with Crippen molar-refractivity contribution >= 4 is 0 Å². The Morgan fingerprint density at radius 2 is 2.18 bits per heavy atom. The number of allylic oxidation sites excluding steroid dienone is 8. The molecule has 2 heteroatoms. The lowest BCUT2D eigenvalue weighted by atomic mass is 9.91. The molecule has 0 unspecified atom stereocenters. The largest absolute Gasteiger partial charge is 0.508 e. The van der Waals surface area contributed by atoms with Crippen LogP contribution in [0.25, 0.3) is 0 Å². The fourth-order valence-electron chi connectivity index (χ4n) is 2.57. The molecular weight excluding hydrogens is 270 g/mol. The van der Waals surface area contributed by atoms with Gasteiger partial charge in [0.15, 0.2) is 0 Å². The maximum atomic E-state index is 10.4. The summed E-state index contributed by atoms with van der Waals surface area (Å²) < 4.78 is 0. The standard InChI is InChI=1S/C20H29NO/c1-5-8-10-17(7-3)19(21-4)15-20(22)18-13-11-16(9-6-2)12-14-18/h5,7-8,10-11,15,21-22H,3,6,9,12-14H2,1-2,4H3/b8-5-,17-10+,19-15-,20-18-. The number of hydrogen-bond donors (Lipinski definition) is 2. The summed E-state index contributed by atoms with van der Waals surface area (Å²) in [5, 5.41) is 13.6. The van der Waals surface area contributed by atoms with E-state index in [1.165, 1.54) is 18.4 Å². The van der Waals surface area contributed by atoms with Crippen LogP contribution in [0.2, 0.25) is 0 Å². The summed E-state index contributed by atoms with van der Waals surface area (Å²) in [5.41, 5.74) is 4.48. The molecule has 1 rings (SSSR count). The smallest absolute Gasteiger partial charge is 0.117 e. The molecule has 0 heterocycles. The van der Waals surface area contributed by atoms with Crippen LogP contribution < -0.4 is 5.32 Å². The molecule has 1 aliphatic carbocycles. The molecule has 0 aliphatic heterocycles. The monoisotopic (exact) mass is 299 g/mol. The molecule has 22 heavy (non-hydrogen) atoms. The molecule has 0 amide bonds. The van der Waals surface area contributed by atoms with E-state index >= 15 is 0 Å². The fraction of sp³-hybridized carbons (Fsp3) is 0.400. The number of aliphatic hydroxyl groups is 1. The van der Waals surface area contributed by atoms with Crippen molar-refractivity contribution in [1.82, 2.24) is 5.32 Å². The highest BCUT2D eigenvalue weighted by atomic mass is 16.3. The Kier molecular flexibility index (Phi) is 8.13. The lowest BCUT2D eigenvalue weighted by Gasteiger charge is -2.16. The first-order valence-electron chi connectivity index (χ1n) is 8.10. The Hall–Kier alpha value is -1.96. The van der Waals surface area contributed by atoms with Crippen molar-refractivity contribution in [2.75, 3.05) is 7.05 Å². The first kappa shape index (κ1) is 18.1. The second kappa shape index (κ2) is 9.88. The molecule has 0 fully saturated rings. The van der Waals surface area contributed by atoms with Crippen LogP contribution in [-0.2, 0) is 0 Å².